The summed E-state index contributed by atoms with van der Waals surface area (Å²) in [5.41, 5.74) is 0.892. The van der Waals surface area contributed by atoms with Crippen LogP contribution < -0.4 is 4.72 Å². The number of aromatic nitrogens is 2. The van der Waals surface area contributed by atoms with Crippen molar-refractivity contribution in [3.05, 3.63) is 48.3 Å². The molecular formula is C12H11N3O4S. The zero-order valence-corrected chi connectivity index (χ0v) is 11.0. The molecule has 0 aliphatic carbocycles. The molecule has 0 aliphatic rings. The monoisotopic (exact) mass is 293 g/mol. The first-order valence-electron chi connectivity index (χ1n) is 5.58. The molecule has 2 aromatic rings. The van der Waals surface area contributed by atoms with Crippen LogP contribution in [0.3, 0.4) is 0 Å². The second-order valence-electron chi connectivity index (χ2n) is 3.90. The first-order valence-corrected chi connectivity index (χ1v) is 7.06. The third kappa shape index (κ3) is 3.51. The van der Waals surface area contributed by atoms with E-state index >= 15 is 0 Å². The Balaban J connectivity index is 2.16. The fourth-order valence-electron chi connectivity index (χ4n) is 1.49. The fraction of sp³-hybridized carbons (Fsp3) is 0.0833. The highest BCUT2D eigenvalue weighted by Crippen LogP contribution is 2.14. The Bertz CT molecular complexity index is 699. The number of rotatable bonds is 5. The van der Waals surface area contributed by atoms with Gasteiger partial charge in [0.2, 0.25) is 0 Å². The fourth-order valence-corrected chi connectivity index (χ4v) is 2.43. The molecule has 2 rings (SSSR count). The van der Waals surface area contributed by atoms with Gasteiger partial charge in [-0.25, -0.2) is 9.97 Å². The van der Waals surface area contributed by atoms with Crippen LogP contribution in [0.2, 0.25) is 0 Å². The number of hydrogen-bond donors (Lipinski definition) is 2. The quantitative estimate of drug-likeness (QED) is 0.793. The summed E-state index contributed by atoms with van der Waals surface area (Å²) >= 11 is 0. The van der Waals surface area contributed by atoms with E-state index in [9.17, 15) is 13.2 Å². The predicted molar refractivity (Wildman–Crippen MR) is 70.6 cm³/mol. The molecule has 1 heterocycles. The van der Waals surface area contributed by atoms with Crippen molar-refractivity contribution in [1.29, 1.82) is 0 Å². The van der Waals surface area contributed by atoms with Gasteiger partial charge in [-0.2, -0.15) is 8.42 Å². The highest BCUT2D eigenvalue weighted by molar-refractivity contribution is 7.92. The van der Waals surface area contributed by atoms with E-state index in [0.29, 0.717) is 11.3 Å². The molecule has 104 valence electrons. The summed E-state index contributed by atoms with van der Waals surface area (Å²) < 4.78 is 26.2. The van der Waals surface area contributed by atoms with Crippen molar-refractivity contribution in [3.63, 3.8) is 0 Å². The summed E-state index contributed by atoms with van der Waals surface area (Å²) in [5, 5.41) is 8.32. The Morgan fingerprint density at radius 1 is 1.15 bits per heavy atom. The maximum Gasteiger partial charge on any atom is 0.307 e. The molecule has 0 saturated heterocycles. The van der Waals surface area contributed by atoms with Crippen LogP contribution in [-0.2, 0) is 21.2 Å². The largest absolute Gasteiger partial charge is 0.481 e. The number of hydrogen-bond acceptors (Lipinski definition) is 5. The van der Waals surface area contributed by atoms with E-state index in [1.54, 1.807) is 0 Å². The number of sulfonamides is 1. The number of anilines is 1. The van der Waals surface area contributed by atoms with Gasteiger partial charge in [-0.15, -0.1) is 0 Å². The lowest BCUT2D eigenvalue weighted by Gasteiger charge is -2.06. The van der Waals surface area contributed by atoms with Crippen LogP contribution >= 0.6 is 0 Å². The minimum Gasteiger partial charge on any atom is -0.481 e. The third-order valence-electron chi connectivity index (χ3n) is 2.34. The van der Waals surface area contributed by atoms with Gasteiger partial charge in [0.25, 0.3) is 15.2 Å². The zero-order chi connectivity index (χ0) is 14.6. The number of nitrogens with zero attached hydrogens (tertiary/aromatic N) is 2. The first kappa shape index (κ1) is 13.9. The zero-order valence-electron chi connectivity index (χ0n) is 10.2. The predicted octanol–water partition coefficient (Wildman–Crippen LogP) is 0.904. The summed E-state index contributed by atoms with van der Waals surface area (Å²) in [6, 6.07) is 7.56. The Labute approximate surface area is 115 Å². The number of nitrogens with one attached hydrogen (secondary N) is 1. The molecule has 7 nitrogen and oxygen atoms in total. The average Bonchev–Trinajstić information content (AvgIpc) is 2.41. The minimum atomic E-state index is -3.84. The van der Waals surface area contributed by atoms with E-state index in [0.717, 1.165) is 0 Å². The van der Waals surface area contributed by atoms with Gasteiger partial charge in [-0.1, -0.05) is 12.1 Å². The molecule has 8 heteroatoms. The van der Waals surface area contributed by atoms with Crippen molar-refractivity contribution in [1.82, 2.24) is 9.97 Å². The molecular weight excluding hydrogens is 282 g/mol. The Morgan fingerprint density at radius 2 is 1.75 bits per heavy atom. The second kappa shape index (κ2) is 5.66. The summed E-state index contributed by atoms with van der Waals surface area (Å²) in [7, 11) is -3.84. The lowest BCUT2D eigenvalue weighted by molar-refractivity contribution is -0.136. The van der Waals surface area contributed by atoms with Crippen LogP contribution in [-0.4, -0.2) is 29.5 Å². The number of carboxylic acids is 1. The van der Waals surface area contributed by atoms with Gasteiger partial charge in [-0.05, 0) is 23.8 Å². The molecule has 1 aromatic carbocycles. The van der Waals surface area contributed by atoms with E-state index in [2.05, 4.69) is 14.7 Å². The molecule has 0 unspecified atom stereocenters. The first-order chi connectivity index (χ1) is 9.47. The van der Waals surface area contributed by atoms with Gasteiger partial charge in [0, 0.05) is 18.1 Å². The van der Waals surface area contributed by atoms with Crippen LogP contribution in [0.5, 0.6) is 0 Å². The third-order valence-corrected chi connectivity index (χ3v) is 3.54. The van der Waals surface area contributed by atoms with E-state index in [-0.39, 0.29) is 11.6 Å². The van der Waals surface area contributed by atoms with Crippen molar-refractivity contribution in [2.75, 3.05) is 4.72 Å². The number of carboxylic acid groups (broad SMARTS) is 1. The summed E-state index contributed by atoms with van der Waals surface area (Å²) in [5.74, 6) is -0.948. The Kier molecular flexibility index (Phi) is 3.94. The summed E-state index contributed by atoms with van der Waals surface area (Å²) in [6.07, 6.45) is 2.55. The van der Waals surface area contributed by atoms with Gasteiger partial charge in [0.15, 0.2) is 0 Å². The minimum absolute atomic E-state index is 0.116. The van der Waals surface area contributed by atoms with E-state index in [1.807, 2.05) is 0 Å². The molecule has 0 saturated carbocycles. The molecule has 0 bridgehead atoms. The molecule has 2 N–H and O–H groups in total. The van der Waals surface area contributed by atoms with Crippen molar-refractivity contribution in [2.45, 2.75) is 11.6 Å². The molecule has 1 aromatic heterocycles. The van der Waals surface area contributed by atoms with Crippen LogP contribution in [0.25, 0.3) is 0 Å². The lowest BCUT2D eigenvalue weighted by atomic mass is 10.1. The standard InChI is InChI=1S/C12H11N3O4S/c16-11(17)8-9-2-4-10(5-3-9)15-20(18,19)12-13-6-1-7-14-12/h1-7,15H,8H2,(H,16,17). The maximum atomic E-state index is 11.9. The van der Waals surface area contributed by atoms with E-state index < -0.39 is 16.0 Å². The normalized spacial score (nSPS) is 11.0. The van der Waals surface area contributed by atoms with Gasteiger partial charge >= 0.3 is 5.97 Å². The average molecular weight is 293 g/mol. The van der Waals surface area contributed by atoms with Gasteiger partial charge in [0.1, 0.15) is 0 Å². The smallest absolute Gasteiger partial charge is 0.307 e. The summed E-state index contributed by atoms with van der Waals surface area (Å²) in [6.45, 7) is 0. The van der Waals surface area contributed by atoms with Gasteiger partial charge in [0.05, 0.1) is 6.42 Å². The highest BCUT2D eigenvalue weighted by Gasteiger charge is 2.16. The van der Waals surface area contributed by atoms with Gasteiger partial charge in [-0.3, -0.25) is 9.52 Å². The van der Waals surface area contributed by atoms with E-state index in [1.165, 1.54) is 42.7 Å². The van der Waals surface area contributed by atoms with Crippen molar-refractivity contribution in [3.8, 4) is 0 Å². The SMILES string of the molecule is O=C(O)Cc1ccc(NS(=O)(=O)c2ncccn2)cc1. The maximum absolute atomic E-state index is 11.9. The lowest BCUT2D eigenvalue weighted by Crippen LogP contribution is -2.15. The molecule has 0 spiro atoms. The highest BCUT2D eigenvalue weighted by atomic mass is 32.2. The molecule has 20 heavy (non-hydrogen) atoms. The number of carbonyl (C=O) groups is 1. The Hall–Kier alpha value is -2.48. The van der Waals surface area contributed by atoms with Crippen LogP contribution in [0.4, 0.5) is 5.69 Å². The van der Waals surface area contributed by atoms with Crippen LogP contribution in [0.15, 0.2) is 47.9 Å². The second-order valence-corrected chi connectivity index (χ2v) is 5.48. The van der Waals surface area contributed by atoms with Gasteiger partial charge < -0.3 is 5.11 Å². The molecule has 0 amide bonds. The van der Waals surface area contributed by atoms with Crippen molar-refractivity contribution in [2.24, 2.45) is 0 Å². The number of benzene rings is 1. The Morgan fingerprint density at radius 3 is 2.30 bits per heavy atom. The topological polar surface area (TPSA) is 109 Å². The summed E-state index contributed by atoms with van der Waals surface area (Å²) in [4.78, 5) is 17.9. The van der Waals surface area contributed by atoms with E-state index in [4.69, 9.17) is 5.11 Å². The van der Waals surface area contributed by atoms with Crippen LogP contribution in [0, 0.1) is 0 Å². The molecule has 0 radical (unpaired) electrons. The molecule has 0 aliphatic heterocycles. The van der Waals surface area contributed by atoms with Crippen molar-refractivity contribution < 1.29 is 18.3 Å². The molecule has 0 fully saturated rings. The number of aliphatic carboxylic acids is 1. The molecule has 0 atom stereocenters. The van der Waals surface area contributed by atoms with Crippen molar-refractivity contribution >= 4 is 21.7 Å². The van der Waals surface area contributed by atoms with Crippen LogP contribution in [0.1, 0.15) is 5.56 Å².